The minimum Gasteiger partial charge on any atom is -0.330 e. The van der Waals surface area contributed by atoms with Crippen LogP contribution >= 0.6 is 11.9 Å². The molecule has 0 amide bonds. The maximum atomic E-state index is 12.4. The van der Waals surface area contributed by atoms with Crippen molar-refractivity contribution in [3.05, 3.63) is 64.6 Å². The fourth-order valence-corrected chi connectivity index (χ4v) is 3.19. The van der Waals surface area contributed by atoms with Gasteiger partial charge in [0, 0.05) is 36.1 Å². The minimum absolute atomic E-state index is 0.0461. The third-order valence-electron chi connectivity index (χ3n) is 4.05. The van der Waals surface area contributed by atoms with Gasteiger partial charge in [0.1, 0.15) is 0 Å². The number of nitrogens with one attached hydrogen (secondary N) is 1. The van der Waals surface area contributed by atoms with Gasteiger partial charge in [0.2, 0.25) is 0 Å². The van der Waals surface area contributed by atoms with Crippen LogP contribution in [0.1, 0.15) is 12.5 Å². The van der Waals surface area contributed by atoms with E-state index < -0.39 is 0 Å². The van der Waals surface area contributed by atoms with E-state index in [1.54, 1.807) is 16.5 Å². The van der Waals surface area contributed by atoms with Crippen LogP contribution < -0.4 is 10.3 Å². The van der Waals surface area contributed by atoms with Gasteiger partial charge in [-0.2, -0.15) is 0 Å². The number of hydrogen-bond donors (Lipinski definition) is 1. The SMILES string of the molecule is CCc1ccc2c(=O)n(C)cc(-c3cccc(NSC)c3)c2c1. The standard InChI is InChI=1S/C19H20N2OS/c1-4-13-8-9-16-17(10-13)18(12-21(2)19(16)22)14-6-5-7-15(11-14)20-23-3/h5-12,20H,4H2,1-3H3. The monoisotopic (exact) mass is 324 g/mol. The van der Waals surface area contributed by atoms with Crippen LogP contribution in [-0.2, 0) is 13.5 Å². The number of fused-ring (bicyclic) bond motifs is 1. The van der Waals surface area contributed by atoms with Gasteiger partial charge in [-0.1, -0.05) is 43.1 Å². The van der Waals surface area contributed by atoms with E-state index in [0.717, 1.165) is 34.0 Å². The van der Waals surface area contributed by atoms with Crippen molar-refractivity contribution >= 4 is 28.4 Å². The average Bonchev–Trinajstić information content (AvgIpc) is 2.58. The molecule has 3 aromatic rings. The molecular weight excluding hydrogens is 304 g/mol. The summed E-state index contributed by atoms with van der Waals surface area (Å²) in [5.74, 6) is 0. The zero-order valence-electron chi connectivity index (χ0n) is 13.6. The van der Waals surface area contributed by atoms with Crippen LogP contribution in [0, 0.1) is 0 Å². The van der Waals surface area contributed by atoms with Crippen LogP contribution in [0.25, 0.3) is 21.9 Å². The highest BCUT2D eigenvalue weighted by atomic mass is 32.2. The molecule has 0 saturated carbocycles. The summed E-state index contributed by atoms with van der Waals surface area (Å²) in [7, 11) is 1.81. The number of hydrogen-bond acceptors (Lipinski definition) is 3. The lowest BCUT2D eigenvalue weighted by Crippen LogP contribution is -2.16. The Bertz CT molecular complexity index is 915. The number of aromatic nitrogens is 1. The Labute approximate surface area is 140 Å². The van der Waals surface area contributed by atoms with Crippen LogP contribution in [-0.4, -0.2) is 10.8 Å². The van der Waals surface area contributed by atoms with Crippen molar-refractivity contribution in [3.8, 4) is 11.1 Å². The third kappa shape index (κ3) is 2.99. The summed E-state index contributed by atoms with van der Waals surface area (Å²) in [6.45, 7) is 2.13. The van der Waals surface area contributed by atoms with Crippen molar-refractivity contribution in [2.45, 2.75) is 13.3 Å². The van der Waals surface area contributed by atoms with Gasteiger partial charge in [-0.25, -0.2) is 0 Å². The fraction of sp³-hybridized carbons (Fsp3) is 0.211. The number of aryl methyl sites for hydroxylation is 2. The topological polar surface area (TPSA) is 34.0 Å². The largest absolute Gasteiger partial charge is 0.330 e. The Hall–Kier alpha value is -2.20. The quantitative estimate of drug-likeness (QED) is 0.720. The summed E-state index contributed by atoms with van der Waals surface area (Å²) in [5.41, 5.74) is 4.54. The molecular formula is C19H20N2OS. The first-order chi connectivity index (χ1) is 11.1. The van der Waals surface area contributed by atoms with Crippen molar-refractivity contribution in [2.24, 2.45) is 7.05 Å². The van der Waals surface area contributed by atoms with Crippen LogP contribution in [0.3, 0.4) is 0 Å². The molecule has 0 aliphatic heterocycles. The van der Waals surface area contributed by atoms with Crippen LogP contribution in [0.5, 0.6) is 0 Å². The first kappa shape index (κ1) is 15.7. The van der Waals surface area contributed by atoms with Gasteiger partial charge in [0.15, 0.2) is 0 Å². The fourth-order valence-electron chi connectivity index (χ4n) is 2.83. The van der Waals surface area contributed by atoms with Crippen molar-refractivity contribution in [3.63, 3.8) is 0 Å². The lowest BCUT2D eigenvalue weighted by Gasteiger charge is -2.12. The predicted molar refractivity (Wildman–Crippen MR) is 101 cm³/mol. The smallest absolute Gasteiger partial charge is 0.258 e. The molecule has 118 valence electrons. The van der Waals surface area contributed by atoms with Crippen molar-refractivity contribution in [1.82, 2.24) is 4.57 Å². The Morgan fingerprint density at radius 3 is 2.70 bits per heavy atom. The van der Waals surface area contributed by atoms with Gasteiger partial charge < -0.3 is 9.29 Å². The second-order valence-corrected chi connectivity index (χ2v) is 6.19. The summed E-state index contributed by atoms with van der Waals surface area (Å²) in [4.78, 5) is 12.4. The van der Waals surface area contributed by atoms with E-state index >= 15 is 0 Å². The highest BCUT2D eigenvalue weighted by Crippen LogP contribution is 2.29. The van der Waals surface area contributed by atoms with Gasteiger partial charge in [0.05, 0.1) is 0 Å². The Balaban J connectivity index is 2.29. The zero-order valence-corrected chi connectivity index (χ0v) is 14.4. The maximum Gasteiger partial charge on any atom is 0.258 e. The lowest BCUT2D eigenvalue weighted by molar-refractivity contribution is 0.874. The Morgan fingerprint density at radius 2 is 1.96 bits per heavy atom. The second kappa shape index (κ2) is 6.50. The average molecular weight is 324 g/mol. The zero-order chi connectivity index (χ0) is 16.4. The van der Waals surface area contributed by atoms with Gasteiger partial charge in [-0.15, -0.1) is 0 Å². The molecule has 23 heavy (non-hydrogen) atoms. The lowest BCUT2D eigenvalue weighted by atomic mass is 9.98. The summed E-state index contributed by atoms with van der Waals surface area (Å²) >= 11 is 1.57. The normalized spacial score (nSPS) is 10.9. The molecule has 0 aliphatic rings. The molecule has 4 heteroatoms. The van der Waals surface area contributed by atoms with Gasteiger partial charge in [-0.3, -0.25) is 4.79 Å². The summed E-state index contributed by atoms with van der Waals surface area (Å²) in [6, 6.07) is 14.4. The van der Waals surface area contributed by atoms with Crippen molar-refractivity contribution in [1.29, 1.82) is 0 Å². The van der Waals surface area contributed by atoms with E-state index in [-0.39, 0.29) is 5.56 Å². The minimum atomic E-state index is 0.0461. The second-order valence-electron chi connectivity index (χ2n) is 5.58. The van der Waals surface area contributed by atoms with E-state index in [4.69, 9.17) is 0 Å². The third-order valence-corrected chi connectivity index (χ3v) is 4.49. The molecule has 3 nitrogen and oxygen atoms in total. The Kier molecular flexibility index (Phi) is 4.44. The highest BCUT2D eigenvalue weighted by molar-refractivity contribution is 7.99. The molecule has 0 spiro atoms. The molecule has 0 fully saturated rings. The molecule has 0 unspecified atom stereocenters. The highest BCUT2D eigenvalue weighted by Gasteiger charge is 2.10. The maximum absolute atomic E-state index is 12.4. The van der Waals surface area contributed by atoms with E-state index in [1.165, 1.54) is 5.56 Å². The predicted octanol–water partition coefficient (Wildman–Crippen LogP) is 4.46. The first-order valence-corrected chi connectivity index (χ1v) is 8.88. The number of rotatable bonds is 4. The summed E-state index contributed by atoms with van der Waals surface area (Å²) in [6.07, 6.45) is 4.89. The molecule has 1 aromatic heterocycles. The number of benzene rings is 2. The molecule has 0 radical (unpaired) electrons. The van der Waals surface area contributed by atoms with Crippen molar-refractivity contribution < 1.29 is 0 Å². The van der Waals surface area contributed by atoms with Crippen LogP contribution in [0.4, 0.5) is 5.69 Å². The van der Waals surface area contributed by atoms with Crippen LogP contribution in [0.2, 0.25) is 0 Å². The molecule has 1 heterocycles. The van der Waals surface area contributed by atoms with E-state index in [0.29, 0.717) is 0 Å². The number of nitrogens with zero attached hydrogens (tertiary/aromatic N) is 1. The van der Waals surface area contributed by atoms with E-state index in [9.17, 15) is 4.79 Å². The van der Waals surface area contributed by atoms with E-state index in [1.807, 2.05) is 43.8 Å². The molecule has 0 saturated heterocycles. The van der Waals surface area contributed by atoms with Gasteiger partial charge >= 0.3 is 0 Å². The first-order valence-electron chi connectivity index (χ1n) is 7.65. The molecule has 0 aliphatic carbocycles. The molecule has 2 aromatic carbocycles. The van der Waals surface area contributed by atoms with Crippen LogP contribution in [0.15, 0.2) is 53.5 Å². The van der Waals surface area contributed by atoms with Gasteiger partial charge in [0.25, 0.3) is 5.56 Å². The Morgan fingerprint density at radius 1 is 1.13 bits per heavy atom. The molecule has 3 rings (SSSR count). The summed E-state index contributed by atoms with van der Waals surface area (Å²) < 4.78 is 4.93. The summed E-state index contributed by atoms with van der Waals surface area (Å²) in [5, 5.41) is 1.79. The van der Waals surface area contributed by atoms with Crippen molar-refractivity contribution in [2.75, 3.05) is 11.0 Å². The number of pyridine rings is 1. The molecule has 1 N–H and O–H groups in total. The number of anilines is 1. The van der Waals surface area contributed by atoms with E-state index in [2.05, 4.69) is 29.8 Å². The molecule has 0 atom stereocenters. The van der Waals surface area contributed by atoms with Gasteiger partial charge in [-0.05, 0) is 41.1 Å². The molecule has 0 bridgehead atoms.